The Morgan fingerprint density at radius 1 is 1.18 bits per heavy atom. The monoisotopic (exact) mass is 464 g/mol. The predicted molar refractivity (Wildman–Crippen MR) is 132 cm³/mol. The first-order valence-electron chi connectivity index (χ1n) is 11.2. The van der Waals surface area contributed by atoms with Crippen molar-refractivity contribution in [2.75, 3.05) is 19.6 Å². The van der Waals surface area contributed by atoms with Crippen LogP contribution in [-0.2, 0) is 6.54 Å². The van der Waals surface area contributed by atoms with Gasteiger partial charge < -0.3 is 10.1 Å². The molecule has 0 spiro atoms. The molecular weight excluding hydrogens is 435 g/mol. The Labute approximate surface area is 198 Å². The van der Waals surface area contributed by atoms with Gasteiger partial charge in [-0.15, -0.1) is 11.3 Å². The van der Waals surface area contributed by atoms with Crippen molar-refractivity contribution in [2.45, 2.75) is 32.9 Å². The summed E-state index contributed by atoms with van der Waals surface area (Å²) in [5, 5.41) is 2.94. The molecule has 0 saturated heterocycles. The molecule has 33 heavy (non-hydrogen) atoms. The van der Waals surface area contributed by atoms with E-state index in [0.717, 1.165) is 47.1 Å². The van der Waals surface area contributed by atoms with Gasteiger partial charge in [0.15, 0.2) is 0 Å². The number of carbonyl (C=O) groups is 1. The molecule has 1 aliphatic rings. The SMILES string of the molecule is Cc1ccc(C(=O)NC[C@H](C)Oc2cccc(CN3CC=C(c4ccc(F)cc4)CC3)c2)s1. The van der Waals surface area contributed by atoms with Crippen LogP contribution in [0.1, 0.15) is 39.0 Å². The second-order valence-corrected chi connectivity index (χ2v) is 9.71. The summed E-state index contributed by atoms with van der Waals surface area (Å²) in [6, 6.07) is 18.7. The molecule has 1 N–H and O–H groups in total. The van der Waals surface area contributed by atoms with Crippen molar-refractivity contribution in [3.05, 3.63) is 93.4 Å². The van der Waals surface area contributed by atoms with E-state index in [1.807, 2.05) is 50.2 Å². The van der Waals surface area contributed by atoms with Crippen molar-refractivity contribution >= 4 is 22.8 Å². The second kappa shape index (κ2) is 10.8. The molecule has 4 nitrogen and oxygen atoms in total. The van der Waals surface area contributed by atoms with Crippen LogP contribution in [0.15, 0.2) is 66.7 Å². The first-order valence-corrected chi connectivity index (χ1v) is 12.1. The zero-order chi connectivity index (χ0) is 23.2. The summed E-state index contributed by atoms with van der Waals surface area (Å²) >= 11 is 1.49. The molecule has 6 heteroatoms. The fraction of sp³-hybridized carbons (Fsp3) is 0.296. The smallest absolute Gasteiger partial charge is 0.261 e. The minimum absolute atomic E-state index is 0.0598. The Morgan fingerprint density at radius 3 is 2.70 bits per heavy atom. The van der Waals surface area contributed by atoms with E-state index in [0.29, 0.717) is 6.54 Å². The van der Waals surface area contributed by atoms with Crippen LogP contribution >= 0.6 is 11.3 Å². The third-order valence-corrected chi connectivity index (χ3v) is 6.66. The Balaban J connectivity index is 1.27. The summed E-state index contributed by atoms with van der Waals surface area (Å²) in [5.74, 6) is 0.546. The van der Waals surface area contributed by atoms with Crippen molar-refractivity contribution < 1.29 is 13.9 Å². The van der Waals surface area contributed by atoms with E-state index >= 15 is 0 Å². The lowest BCUT2D eigenvalue weighted by atomic mass is 9.99. The van der Waals surface area contributed by atoms with Crippen molar-refractivity contribution in [3.8, 4) is 5.75 Å². The third kappa shape index (κ3) is 6.53. The van der Waals surface area contributed by atoms with E-state index < -0.39 is 0 Å². The molecule has 0 bridgehead atoms. The standard InChI is InChI=1S/C27H29FN2O2S/c1-19(17-29-27(31)26-11-6-20(2)33-26)32-25-5-3-4-21(16-25)18-30-14-12-23(13-15-30)22-7-9-24(28)10-8-22/h3-12,16,19H,13-15,17-18H2,1-2H3,(H,29,31)/t19-/m0/s1. The molecule has 0 saturated carbocycles. The fourth-order valence-electron chi connectivity index (χ4n) is 3.91. The van der Waals surface area contributed by atoms with E-state index in [1.54, 1.807) is 0 Å². The predicted octanol–water partition coefficient (Wildman–Crippen LogP) is 5.68. The average Bonchev–Trinajstić information content (AvgIpc) is 3.25. The van der Waals surface area contributed by atoms with Crippen LogP contribution in [0.3, 0.4) is 0 Å². The van der Waals surface area contributed by atoms with E-state index in [1.165, 1.54) is 34.6 Å². The maximum atomic E-state index is 13.2. The van der Waals surface area contributed by atoms with Gasteiger partial charge in [-0.3, -0.25) is 9.69 Å². The molecule has 3 aromatic rings. The highest BCUT2D eigenvalue weighted by Crippen LogP contribution is 2.24. The fourth-order valence-corrected chi connectivity index (χ4v) is 4.69. The zero-order valence-electron chi connectivity index (χ0n) is 19.0. The van der Waals surface area contributed by atoms with Crippen LogP contribution < -0.4 is 10.1 Å². The molecule has 2 aromatic carbocycles. The second-order valence-electron chi connectivity index (χ2n) is 8.42. The van der Waals surface area contributed by atoms with Gasteiger partial charge in [-0.1, -0.05) is 30.3 Å². The Hall–Kier alpha value is -2.96. The van der Waals surface area contributed by atoms with Crippen LogP contribution in [0.2, 0.25) is 0 Å². The molecule has 0 radical (unpaired) electrons. The number of ether oxygens (including phenoxy) is 1. The summed E-state index contributed by atoms with van der Waals surface area (Å²) in [6.45, 7) is 7.06. The van der Waals surface area contributed by atoms with Gasteiger partial charge in [-0.05, 0) is 73.4 Å². The number of benzene rings is 2. The van der Waals surface area contributed by atoms with E-state index in [-0.39, 0.29) is 17.8 Å². The van der Waals surface area contributed by atoms with Crippen molar-refractivity contribution in [1.82, 2.24) is 10.2 Å². The highest BCUT2D eigenvalue weighted by atomic mass is 32.1. The van der Waals surface area contributed by atoms with Gasteiger partial charge in [0.2, 0.25) is 0 Å². The number of amides is 1. The number of aryl methyl sites for hydroxylation is 1. The number of rotatable bonds is 8. The quantitative estimate of drug-likeness (QED) is 0.466. The number of hydrogen-bond acceptors (Lipinski definition) is 4. The molecule has 1 atom stereocenters. The summed E-state index contributed by atoms with van der Waals surface area (Å²) < 4.78 is 19.2. The van der Waals surface area contributed by atoms with Crippen molar-refractivity contribution in [1.29, 1.82) is 0 Å². The largest absolute Gasteiger partial charge is 0.489 e. The van der Waals surface area contributed by atoms with Crippen LogP contribution in [-0.4, -0.2) is 36.5 Å². The normalized spacial score (nSPS) is 15.1. The summed E-state index contributed by atoms with van der Waals surface area (Å²) in [6.07, 6.45) is 3.04. The van der Waals surface area contributed by atoms with Crippen LogP contribution in [0.5, 0.6) is 5.75 Å². The molecular formula is C27H29FN2O2S. The number of nitrogens with zero attached hydrogens (tertiary/aromatic N) is 1. The van der Waals surface area contributed by atoms with Gasteiger partial charge >= 0.3 is 0 Å². The Kier molecular flexibility index (Phi) is 7.57. The number of carbonyl (C=O) groups excluding carboxylic acids is 1. The van der Waals surface area contributed by atoms with Crippen molar-refractivity contribution in [2.24, 2.45) is 0 Å². The molecule has 2 heterocycles. The summed E-state index contributed by atoms with van der Waals surface area (Å²) in [4.78, 5) is 16.5. The summed E-state index contributed by atoms with van der Waals surface area (Å²) in [5.41, 5.74) is 3.56. The van der Waals surface area contributed by atoms with Crippen molar-refractivity contribution in [3.63, 3.8) is 0 Å². The van der Waals surface area contributed by atoms with Crippen LogP contribution in [0, 0.1) is 12.7 Å². The third-order valence-electron chi connectivity index (χ3n) is 5.66. The number of halogens is 1. The van der Waals surface area contributed by atoms with Crippen LogP contribution in [0.4, 0.5) is 4.39 Å². The molecule has 0 fully saturated rings. The van der Waals surface area contributed by atoms with Gasteiger partial charge in [0.05, 0.1) is 11.4 Å². The van der Waals surface area contributed by atoms with Gasteiger partial charge in [0.1, 0.15) is 17.7 Å². The summed E-state index contributed by atoms with van der Waals surface area (Å²) in [7, 11) is 0. The van der Waals surface area contributed by atoms with E-state index in [4.69, 9.17) is 4.74 Å². The Bertz CT molecular complexity index is 1120. The molecule has 1 aliphatic heterocycles. The average molecular weight is 465 g/mol. The lowest BCUT2D eigenvalue weighted by Gasteiger charge is -2.26. The first kappa shape index (κ1) is 23.2. The first-order chi connectivity index (χ1) is 16.0. The van der Waals surface area contributed by atoms with E-state index in [9.17, 15) is 9.18 Å². The molecule has 1 aromatic heterocycles. The molecule has 0 unspecified atom stereocenters. The highest BCUT2D eigenvalue weighted by molar-refractivity contribution is 7.13. The van der Waals surface area contributed by atoms with Crippen LogP contribution in [0.25, 0.3) is 5.57 Å². The number of hydrogen-bond donors (Lipinski definition) is 1. The molecule has 172 valence electrons. The zero-order valence-corrected chi connectivity index (χ0v) is 19.8. The highest BCUT2D eigenvalue weighted by Gasteiger charge is 2.15. The maximum Gasteiger partial charge on any atom is 0.261 e. The van der Waals surface area contributed by atoms with Gasteiger partial charge in [-0.2, -0.15) is 0 Å². The topological polar surface area (TPSA) is 41.6 Å². The van der Waals surface area contributed by atoms with Gasteiger partial charge in [-0.25, -0.2) is 4.39 Å². The minimum Gasteiger partial charge on any atom is -0.489 e. The maximum absolute atomic E-state index is 13.2. The lowest BCUT2D eigenvalue weighted by Crippen LogP contribution is -2.33. The van der Waals surface area contributed by atoms with E-state index in [2.05, 4.69) is 28.4 Å². The van der Waals surface area contributed by atoms with Gasteiger partial charge in [0, 0.05) is 24.5 Å². The van der Waals surface area contributed by atoms with Gasteiger partial charge in [0.25, 0.3) is 5.91 Å². The Morgan fingerprint density at radius 2 is 2.00 bits per heavy atom. The molecule has 0 aliphatic carbocycles. The number of nitrogens with one attached hydrogen (secondary N) is 1. The lowest BCUT2D eigenvalue weighted by molar-refractivity contribution is 0.0936. The number of thiophene rings is 1. The minimum atomic E-state index is -0.201. The molecule has 4 rings (SSSR count). The molecule has 1 amide bonds.